The number of carbonyl (C=O) groups is 4. The van der Waals surface area contributed by atoms with Crippen molar-refractivity contribution < 1.29 is 28.7 Å². The Morgan fingerprint density at radius 2 is 2.00 bits per heavy atom. The number of rotatable bonds is 6. The Labute approximate surface area is 140 Å². The fourth-order valence-corrected chi connectivity index (χ4v) is 2.22. The Bertz CT molecular complexity index is 500. The molecule has 2 atom stereocenters. The van der Waals surface area contributed by atoms with Gasteiger partial charge < -0.3 is 25.4 Å². The van der Waals surface area contributed by atoms with Crippen LogP contribution in [0.3, 0.4) is 0 Å². The van der Waals surface area contributed by atoms with Crippen LogP contribution in [-0.2, 0) is 23.9 Å². The summed E-state index contributed by atoms with van der Waals surface area (Å²) in [5, 5.41) is 7.44. The van der Waals surface area contributed by atoms with Gasteiger partial charge in [0, 0.05) is 12.5 Å². The van der Waals surface area contributed by atoms with Crippen molar-refractivity contribution in [2.24, 2.45) is 5.92 Å². The lowest BCUT2D eigenvalue weighted by atomic mass is 9.98. The molecule has 1 fully saturated rings. The predicted molar refractivity (Wildman–Crippen MR) is 83.9 cm³/mol. The van der Waals surface area contributed by atoms with Gasteiger partial charge >= 0.3 is 12.1 Å². The highest BCUT2D eigenvalue weighted by atomic mass is 16.6. The molecule has 24 heavy (non-hydrogen) atoms. The number of alkyl carbamates (subject to hydrolysis) is 1. The number of amides is 3. The van der Waals surface area contributed by atoms with Gasteiger partial charge in [-0.3, -0.25) is 9.59 Å². The summed E-state index contributed by atoms with van der Waals surface area (Å²) in [6.45, 7) is 5.30. The van der Waals surface area contributed by atoms with Crippen LogP contribution in [0.4, 0.5) is 4.79 Å². The van der Waals surface area contributed by atoms with Gasteiger partial charge in [-0.2, -0.15) is 0 Å². The maximum Gasteiger partial charge on any atom is 0.408 e. The second-order valence-electron chi connectivity index (χ2n) is 6.51. The minimum Gasteiger partial charge on any atom is -0.467 e. The van der Waals surface area contributed by atoms with Crippen LogP contribution in [0.25, 0.3) is 0 Å². The molecule has 0 radical (unpaired) electrons. The van der Waals surface area contributed by atoms with Gasteiger partial charge in [-0.15, -0.1) is 0 Å². The van der Waals surface area contributed by atoms with E-state index in [2.05, 4.69) is 20.7 Å². The van der Waals surface area contributed by atoms with Gasteiger partial charge in [0.05, 0.1) is 7.11 Å². The summed E-state index contributed by atoms with van der Waals surface area (Å²) < 4.78 is 9.66. The third-order valence-corrected chi connectivity index (χ3v) is 3.30. The Balaban J connectivity index is 2.50. The van der Waals surface area contributed by atoms with Crippen molar-refractivity contribution in [3.63, 3.8) is 0 Å². The van der Waals surface area contributed by atoms with Gasteiger partial charge in [-0.05, 0) is 33.6 Å². The summed E-state index contributed by atoms with van der Waals surface area (Å²) in [6, 6.07) is -0.947. The van der Waals surface area contributed by atoms with Gasteiger partial charge in [-0.1, -0.05) is 0 Å². The Kier molecular flexibility index (Phi) is 6.99. The van der Waals surface area contributed by atoms with E-state index in [9.17, 15) is 19.2 Å². The van der Waals surface area contributed by atoms with Crippen molar-refractivity contribution in [2.75, 3.05) is 20.2 Å². The summed E-state index contributed by atoms with van der Waals surface area (Å²) in [5.74, 6) is -1.71. The minimum absolute atomic E-state index is 0.148. The van der Waals surface area contributed by atoms with Gasteiger partial charge in [0.15, 0.2) is 0 Å². The third-order valence-electron chi connectivity index (χ3n) is 3.30. The number of esters is 1. The Morgan fingerprint density at radius 3 is 2.50 bits per heavy atom. The van der Waals surface area contributed by atoms with Crippen LogP contribution < -0.4 is 16.0 Å². The molecular formula is C15H25N3O6. The molecule has 1 aliphatic rings. The molecule has 1 heterocycles. The van der Waals surface area contributed by atoms with Gasteiger partial charge in [-0.25, -0.2) is 9.59 Å². The van der Waals surface area contributed by atoms with Gasteiger partial charge in [0.25, 0.3) is 0 Å². The second kappa shape index (κ2) is 8.51. The summed E-state index contributed by atoms with van der Waals surface area (Å²) >= 11 is 0. The average molecular weight is 343 g/mol. The maximum absolute atomic E-state index is 11.9. The molecule has 0 saturated carbocycles. The first-order valence-corrected chi connectivity index (χ1v) is 7.74. The Morgan fingerprint density at radius 1 is 1.33 bits per heavy atom. The molecule has 1 aliphatic heterocycles. The van der Waals surface area contributed by atoms with Crippen molar-refractivity contribution in [3.05, 3.63) is 0 Å². The lowest BCUT2D eigenvalue weighted by Crippen LogP contribution is -2.47. The molecule has 1 rings (SSSR count). The van der Waals surface area contributed by atoms with E-state index in [1.54, 1.807) is 20.8 Å². The van der Waals surface area contributed by atoms with E-state index in [0.717, 1.165) is 0 Å². The largest absolute Gasteiger partial charge is 0.467 e. The highest BCUT2D eigenvalue weighted by molar-refractivity contribution is 5.88. The summed E-state index contributed by atoms with van der Waals surface area (Å²) in [5.41, 5.74) is -0.676. The van der Waals surface area contributed by atoms with E-state index >= 15 is 0 Å². The number of ether oxygens (including phenoxy) is 2. The van der Waals surface area contributed by atoms with Crippen LogP contribution in [-0.4, -0.2) is 55.7 Å². The molecule has 0 aromatic heterocycles. The van der Waals surface area contributed by atoms with E-state index in [0.29, 0.717) is 13.0 Å². The lowest BCUT2D eigenvalue weighted by Gasteiger charge is -2.21. The van der Waals surface area contributed by atoms with Crippen LogP contribution in [0.1, 0.15) is 33.6 Å². The van der Waals surface area contributed by atoms with Crippen LogP contribution >= 0.6 is 0 Å². The first-order chi connectivity index (χ1) is 11.1. The maximum atomic E-state index is 11.9. The van der Waals surface area contributed by atoms with Crippen LogP contribution in [0.15, 0.2) is 0 Å². The fraction of sp³-hybridized carbons (Fsp3) is 0.733. The smallest absolute Gasteiger partial charge is 0.408 e. The third kappa shape index (κ3) is 6.84. The van der Waals surface area contributed by atoms with Gasteiger partial charge in [0.2, 0.25) is 11.8 Å². The number of hydrogen-bond donors (Lipinski definition) is 3. The summed E-state index contributed by atoms with van der Waals surface area (Å²) in [7, 11) is 1.20. The number of hydrogen-bond acceptors (Lipinski definition) is 6. The van der Waals surface area contributed by atoms with Crippen LogP contribution in [0, 0.1) is 5.92 Å². The minimum atomic E-state index is -0.947. The predicted octanol–water partition coefficient (Wildman–Crippen LogP) is -0.305. The zero-order chi connectivity index (χ0) is 18.3. The summed E-state index contributed by atoms with van der Waals surface area (Å²) in [4.78, 5) is 46.8. The number of carbonyl (C=O) groups excluding carboxylic acids is 4. The number of methoxy groups -OCH3 is 1. The van der Waals surface area contributed by atoms with Crippen molar-refractivity contribution in [3.8, 4) is 0 Å². The first-order valence-electron chi connectivity index (χ1n) is 7.74. The molecule has 0 aromatic rings. The molecule has 0 unspecified atom stereocenters. The highest BCUT2D eigenvalue weighted by Crippen LogP contribution is 2.16. The van der Waals surface area contributed by atoms with Crippen molar-refractivity contribution >= 4 is 23.9 Å². The molecule has 9 nitrogen and oxygen atoms in total. The zero-order valence-electron chi connectivity index (χ0n) is 14.4. The zero-order valence-corrected chi connectivity index (χ0v) is 14.4. The SMILES string of the molecule is COC(=O)[C@H](C[C@@H]1CCNC1=O)NC(=O)CNC(=O)OC(C)(C)C. The van der Waals surface area contributed by atoms with Gasteiger partial charge in [0.1, 0.15) is 18.2 Å². The highest BCUT2D eigenvalue weighted by Gasteiger charge is 2.31. The Hall–Kier alpha value is -2.32. The fourth-order valence-electron chi connectivity index (χ4n) is 2.22. The monoisotopic (exact) mass is 343 g/mol. The molecule has 9 heteroatoms. The quantitative estimate of drug-likeness (QED) is 0.569. The summed E-state index contributed by atoms with van der Waals surface area (Å²) in [6.07, 6.45) is 0.0112. The molecule has 0 spiro atoms. The van der Waals surface area contributed by atoms with Crippen LogP contribution in [0.2, 0.25) is 0 Å². The molecular weight excluding hydrogens is 318 g/mol. The van der Waals surface area contributed by atoms with E-state index in [1.165, 1.54) is 7.11 Å². The molecule has 0 bridgehead atoms. The average Bonchev–Trinajstić information content (AvgIpc) is 2.87. The van der Waals surface area contributed by atoms with Crippen molar-refractivity contribution in [1.82, 2.24) is 16.0 Å². The standard InChI is InChI=1S/C15H25N3O6/c1-15(2,3)24-14(22)17-8-11(19)18-10(13(21)23-4)7-9-5-6-16-12(9)20/h9-10H,5-8H2,1-4H3,(H,16,20)(H,17,22)(H,18,19)/t9-,10-/m0/s1. The molecule has 0 aromatic carbocycles. The second-order valence-corrected chi connectivity index (χ2v) is 6.51. The van der Waals surface area contributed by atoms with E-state index in [-0.39, 0.29) is 24.8 Å². The van der Waals surface area contributed by atoms with E-state index in [1.807, 2.05) is 0 Å². The topological polar surface area (TPSA) is 123 Å². The molecule has 0 aliphatic carbocycles. The molecule has 3 N–H and O–H groups in total. The van der Waals surface area contributed by atoms with E-state index < -0.39 is 29.6 Å². The van der Waals surface area contributed by atoms with Crippen molar-refractivity contribution in [1.29, 1.82) is 0 Å². The normalized spacial score (nSPS) is 18.3. The number of nitrogens with one attached hydrogen (secondary N) is 3. The molecule has 136 valence electrons. The van der Waals surface area contributed by atoms with Crippen LogP contribution in [0.5, 0.6) is 0 Å². The lowest BCUT2D eigenvalue weighted by molar-refractivity contribution is -0.145. The van der Waals surface area contributed by atoms with Crippen molar-refractivity contribution in [2.45, 2.75) is 45.3 Å². The first kappa shape index (κ1) is 19.7. The molecule has 3 amide bonds. The molecule has 1 saturated heterocycles. The van der Waals surface area contributed by atoms with E-state index in [4.69, 9.17) is 4.74 Å².